The summed E-state index contributed by atoms with van der Waals surface area (Å²) in [7, 11) is 1.66. The topological polar surface area (TPSA) is 30.5 Å². The van der Waals surface area contributed by atoms with E-state index in [-0.39, 0.29) is 0 Å². The molecule has 2 rings (SSSR count). The lowest BCUT2D eigenvalue weighted by Gasteiger charge is -2.19. The van der Waals surface area contributed by atoms with Crippen molar-refractivity contribution < 1.29 is 8.85 Å². The van der Waals surface area contributed by atoms with Crippen LogP contribution in [0.15, 0.2) is 48.5 Å². The second-order valence-electron chi connectivity index (χ2n) is 4.92. The summed E-state index contributed by atoms with van der Waals surface area (Å²) in [6.07, 6.45) is 2.11. The van der Waals surface area contributed by atoms with Crippen LogP contribution < -0.4 is 10.5 Å². The predicted molar refractivity (Wildman–Crippen MR) is 91.0 cm³/mol. The van der Waals surface area contributed by atoms with Gasteiger partial charge in [0.2, 0.25) is 0 Å². The number of benzene rings is 2. The first kappa shape index (κ1) is 15.8. The molecule has 1 N–H and O–H groups in total. The largest absolute Gasteiger partial charge is 0.397 e. The molecule has 3 nitrogen and oxygen atoms in total. The van der Waals surface area contributed by atoms with E-state index in [1.54, 1.807) is 14.2 Å². The quantitative estimate of drug-likeness (QED) is 0.797. The third-order valence-electron chi connectivity index (χ3n) is 3.45. The van der Waals surface area contributed by atoms with Gasteiger partial charge in [-0.1, -0.05) is 43.7 Å². The lowest BCUT2D eigenvalue weighted by molar-refractivity contribution is 0.291. The Balaban J connectivity index is 2.38. The zero-order valence-corrected chi connectivity index (χ0v) is 14.1. The van der Waals surface area contributed by atoms with Crippen molar-refractivity contribution in [2.24, 2.45) is 0 Å². The molecule has 0 saturated carbocycles. The number of rotatable bonds is 7. The summed E-state index contributed by atoms with van der Waals surface area (Å²) in [4.78, 5) is 0. The van der Waals surface area contributed by atoms with Crippen LogP contribution >= 0.6 is 0 Å². The van der Waals surface area contributed by atoms with Gasteiger partial charge in [-0.2, -0.15) is 0 Å². The zero-order chi connectivity index (χ0) is 15.1. The Morgan fingerprint density at radius 2 is 1.67 bits per heavy atom. The molecule has 0 radical (unpaired) electrons. The third kappa shape index (κ3) is 3.94. The summed E-state index contributed by atoms with van der Waals surface area (Å²) in [6.45, 7) is 2.19. The molecule has 0 heterocycles. The van der Waals surface area contributed by atoms with Crippen molar-refractivity contribution in [1.82, 2.24) is 0 Å². The van der Waals surface area contributed by atoms with Gasteiger partial charge in [-0.3, -0.25) is 0 Å². The van der Waals surface area contributed by atoms with Crippen LogP contribution in [0.1, 0.15) is 18.9 Å². The van der Waals surface area contributed by atoms with Crippen LogP contribution in [0, 0.1) is 0 Å². The van der Waals surface area contributed by atoms with Crippen molar-refractivity contribution in [1.29, 1.82) is 0 Å². The maximum atomic E-state index is 5.57. The van der Waals surface area contributed by atoms with E-state index >= 15 is 0 Å². The van der Waals surface area contributed by atoms with Gasteiger partial charge >= 0.3 is 9.28 Å². The molecule has 0 bridgehead atoms. The fourth-order valence-electron chi connectivity index (χ4n) is 2.50. The van der Waals surface area contributed by atoms with Gasteiger partial charge in [0, 0.05) is 25.6 Å². The SMILES string of the molecule is CCCc1c(Nc2ccccc2)cccc1[SiH](OC)OC. The number of para-hydroxylation sites is 1. The van der Waals surface area contributed by atoms with Gasteiger partial charge in [0.15, 0.2) is 0 Å². The first-order chi connectivity index (χ1) is 10.3. The second-order valence-corrected chi connectivity index (χ2v) is 7.15. The standard InChI is InChI=1S/C17H23NO2Si/c1-4-9-15-16(18-14-10-6-5-7-11-14)12-8-13-17(15)21(19-2)20-3/h5-8,10-13,18,21H,4,9H2,1-3H3. The van der Waals surface area contributed by atoms with Crippen LogP contribution in [0.4, 0.5) is 11.4 Å². The van der Waals surface area contributed by atoms with Crippen molar-refractivity contribution in [3.8, 4) is 0 Å². The molecule has 2 aromatic rings. The molecular formula is C17H23NO2Si. The molecule has 0 aliphatic heterocycles. The van der Waals surface area contributed by atoms with Crippen LogP contribution in [0.2, 0.25) is 0 Å². The Morgan fingerprint density at radius 3 is 2.29 bits per heavy atom. The Labute approximate surface area is 128 Å². The van der Waals surface area contributed by atoms with Crippen LogP contribution in [0.3, 0.4) is 0 Å². The maximum Gasteiger partial charge on any atom is 0.355 e. The molecule has 0 aromatic heterocycles. The molecule has 0 aliphatic carbocycles. The molecule has 0 amide bonds. The molecule has 0 aliphatic rings. The fourth-order valence-corrected chi connectivity index (χ4v) is 4.05. The predicted octanol–water partition coefficient (Wildman–Crippen LogP) is 3.10. The van der Waals surface area contributed by atoms with Crippen molar-refractivity contribution in [3.05, 3.63) is 54.1 Å². The van der Waals surface area contributed by atoms with E-state index in [1.165, 1.54) is 10.8 Å². The van der Waals surface area contributed by atoms with Gasteiger partial charge in [0.25, 0.3) is 0 Å². The Hall–Kier alpha value is -1.62. The number of hydrogen-bond donors (Lipinski definition) is 1. The maximum absolute atomic E-state index is 5.57. The van der Waals surface area contributed by atoms with E-state index in [9.17, 15) is 0 Å². The highest BCUT2D eigenvalue weighted by Gasteiger charge is 2.19. The Kier molecular flexibility index (Phi) is 5.99. The smallest absolute Gasteiger partial charge is 0.355 e. The van der Waals surface area contributed by atoms with Gasteiger partial charge in [0.1, 0.15) is 0 Å². The van der Waals surface area contributed by atoms with E-state index in [1.807, 2.05) is 18.2 Å². The Bertz CT molecular complexity index is 556. The summed E-state index contributed by atoms with van der Waals surface area (Å²) < 4.78 is 11.1. The lowest BCUT2D eigenvalue weighted by atomic mass is 10.1. The molecular weight excluding hydrogens is 278 g/mol. The molecule has 0 spiro atoms. The fraction of sp³-hybridized carbons (Fsp3) is 0.294. The highest BCUT2D eigenvalue weighted by Crippen LogP contribution is 2.21. The van der Waals surface area contributed by atoms with Gasteiger partial charge in [-0.05, 0) is 35.4 Å². The Morgan fingerprint density at radius 1 is 0.952 bits per heavy atom. The van der Waals surface area contributed by atoms with Gasteiger partial charge < -0.3 is 14.2 Å². The van der Waals surface area contributed by atoms with Crippen molar-refractivity contribution >= 4 is 25.8 Å². The highest BCUT2D eigenvalue weighted by atomic mass is 28.3. The lowest BCUT2D eigenvalue weighted by Crippen LogP contribution is -2.37. The van der Waals surface area contributed by atoms with Crippen LogP contribution in [-0.4, -0.2) is 23.5 Å². The van der Waals surface area contributed by atoms with Crippen LogP contribution in [0.5, 0.6) is 0 Å². The van der Waals surface area contributed by atoms with Gasteiger partial charge in [-0.15, -0.1) is 0 Å². The van der Waals surface area contributed by atoms with Crippen molar-refractivity contribution in [3.63, 3.8) is 0 Å². The molecule has 4 heteroatoms. The normalized spacial score (nSPS) is 10.9. The van der Waals surface area contributed by atoms with Crippen LogP contribution in [-0.2, 0) is 15.3 Å². The molecule has 0 unspecified atom stereocenters. The van der Waals surface area contributed by atoms with E-state index < -0.39 is 9.28 Å². The molecule has 2 aromatic carbocycles. The zero-order valence-electron chi connectivity index (χ0n) is 12.9. The van der Waals surface area contributed by atoms with E-state index in [0.717, 1.165) is 24.2 Å². The molecule has 0 atom stereocenters. The molecule has 0 fully saturated rings. The molecule has 112 valence electrons. The monoisotopic (exact) mass is 301 g/mol. The number of anilines is 2. The van der Waals surface area contributed by atoms with Crippen molar-refractivity contribution in [2.75, 3.05) is 19.5 Å². The third-order valence-corrected chi connectivity index (χ3v) is 5.35. The summed E-state index contributed by atoms with van der Waals surface area (Å²) in [6, 6.07) is 16.6. The summed E-state index contributed by atoms with van der Waals surface area (Å²) >= 11 is 0. The van der Waals surface area contributed by atoms with E-state index in [0.29, 0.717) is 0 Å². The minimum atomic E-state index is -1.80. The summed E-state index contributed by atoms with van der Waals surface area (Å²) in [5.41, 5.74) is 3.55. The average Bonchev–Trinajstić information content (AvgIpc) is 2.52. The van der Waals surface area contributed by atoms with E-state index in [2.05, 4.69) is 42.6 Å². The average molecular weight is 301 g/mol. The van der Waals surface area contributed by atoms with Crippen molar-refractivity contribution in [2.45, 2.75) is 19.8 Å². The second kappa shape index (κ2) is 7.98. The number of nitrogens with one attached hydrogen (secondary N) is 1. The highest BCUT2D eigenvalue weighted by molar-refractivity contribution is 6.62. The van der Waals surface area contributed by atoms with Crippen LogP contribution in [0.25, 0.3) is 0 Å². The number of hydrogen-bond acceptors (Lipinski definition) is 3. The first-order valence-electron chi connectivity index (χ1n) is 7.29. The molecule has 0 saturated heterocycles. The first-order valence-corrected chi connectivity index (χ1v) is 8.81. The summed E-state index contributed by atoms with van der Waals surface area (Å²) in [5, 5.41) is 4.74. The van der Waals surface area contributed by atoms with Gasteiger partial charge in [-0.25, -0.2) is 0 Å². The minimum Gasteiger partial charge on any atom is -0.397 e. The van der Waals surface area contributed by atoms with Gasteiger partial charge in [0.05, 0.1) is 0 Å². The summed E-state index contributed by atoms with van der Waals surface area (Å²) in [5.74, 6) is 0. The molecule has 21 heavy (non-hydrogen) atoms. The minimum absolute atomic E-state index is 1.02. The van der Waals surface area contributed by atoms with E-state index in [4.69, 9.17) is 8.85 Å².